The SMILES string of the molecule is O=C(O)CN1C(=O)/C(=c2/s/c(=C\C=C3\Sc4ccccc4N3CS(=O)(=O)O)c(=O)n2CC(=O)O)SC1=S. The fourth-order valence-electron chi connectivity index (χ4n) is 3.40. The molecule has 2 aliphatic heterocycles. The normalized spacial score (nSPS) is 18.7. The molecule has 4 rings (SSSR count). The first-order valence-electron chi connectivity index (χ1n) is 9.98. The van der Waals surface area contributed by atoms with Crippen molar-refractivity contribution in [2.75, 3.05) is 17.3 Å². The van der Waals surface area contributed by atoms with Crippen LogP contribution in [0.25, 0.3) is 11.0 Å². The third-order valence-corrected chi connectivity index (χ3v) is 9.27. The average molecular weight is 602 g/mol. The summed E-state index contributed by atoms with van der Waals surface area (Å²) in [6.45, 7) is -1.44. The topological polar surface area (TPSA) is 175 Å². The maximum Gasteiger partial charge on any atom is 0.323 e. The Morgan fingerprint density at radius 3 is 2.32 bits per heavy atom. The zero-order valence-corrected chi connectivity index (χ0v) is 22.3. The van der Waals surface area contributed by atoms with Crippen LogP contribution in [0.2, 0.25) is 0 Å². The standard InChI is InChI=1S/C20H15N3O9S5/c24-14(25)7-21-17(28)12(35-19(21)16-18(29)22(8-15(26)27)20(33)36-16)5-6-13-23(9-37(30,31)32)10-3-1-2-4-11(10)34-13/h1-6H,7-9H2,(H,24,25)(H,26,27)(H,30,31,32)/b12-5-,13-6+,19-16-. The molecule has 12 nitrogen and oxygen atoms in total. The summed E-state index contributed by atoms with van der Waals surface area (Å²) in [5.41, 5.74) is -0.180. The Balaban J connectivity index is 1.85. The van der Waals surface area contributed by atoms with Crippen molar-refractivity contribution >= 4 is 96.0 Å². The summed E-state index contributed by atoms with van der Waals surface area (Å²) in [5, 5.41) is 18.7. The Labute approximate surface area is 225 Å². The minimum Gasteiger partial charge on any atom is -0.480 e. The van der Waals surface area contributed by atoms with E-state index < -0.39 is 52.5 Å². The molecular formula is C20H15N3O9S5. The van der Waals surface area contributed by atoms with E-state index in [4.69, 9.17) is 17.3 Å². The maximum atomic E-state index is 13.1. The lowest BCUT2D eigenvalue weighted by Crippen LogP contribution is -2.36. The van der Waals surface area contributed by atoms with Crippen LogP contribution in [0.15, 0.2) is 45.1 Å². The van der Waals surface area contributed by atoms with Gasteiger partial charge in [-0.05, 0) is 24.3 Å². The quantitative estimate of drug-likeness (QED) is 0.289. The van der Waals surface area contributed by atoms with Gasteiger partial charge in [0.1, 0.15) is 27.0 Å². The molecule has 2 aromatic rings. The lowest BCUT2D eigenvalue weighted by Gasteiger charge is -2.17. The van der Waals surface area contributed by atoms with E-state index in [0.29, 0.717) is 10.7 Å². The highest BCUT2D eigenvalue weighted by Crippen LogP contribution is 2.45. The number of hydrogen-bond acceptors (Lipinski definition) is 11. The number of carboxylic acids is 2. The smallest absolute Gasteiger partial charge is 0.323 e. The number of aromatic nitrogens is 1. The highest BCUT2D eigenvalue weighted by atomic mass is 32.2. The Bertz CT molecular complexity index is 1670. The van der Waals surface area contributed by atoms with Crippen LogP contribution in [0.5, 0.6) is 0 Å². The Kier molecular flexibility index (Phi) is 7.63. The maximum absolute atomic E-state index is 13.1. The number of carboxylic acid groups (broad SMARTS) is 2. The van der Waals surface area contributed by atoms with Crippen molar-refractivity contribution in [1.82, 2.24) is 9.47 Å². The number of nitrogens with zero attached hydrogens (tertiary/aromatic N) is 3. The van der Waals surface area contributed by atoms with Crippen molar-refractivity contribution in [2.45, 2.75) is 11.4 Å². The molecule has 0 aliphatic carbocycles. The molecular weight excluding hydrogens is 587 g/mol. The van der Waals surface area contributed by atoms with Crippen LogP contribution in [0.1, 0.15) is 0 Å². The van der Waals surface area contributed by atoms with Gasteiger partial charge in [-0.3, -0.25) is 33.2 Å². The van der Waals surface area contributed by atoms with Gasteiger partial charge in [-0.25, -0.2) is 0 Å². The van der Waals surface area contributed by atoms with Crippen molar-refractivity contribution < 1.29 is 37.6 Å². The Hall–Kier alpha value is -2.96. The second-order valence-electron chi connectivity index (χ2n) is 7.42. The van der Waals surface area contributed by atoms with Gasteiger partial charge in [0.2, 0.25) is 0 Å². The molecule has 1 aromatic carbocycles. The molecule has 3 heterocycles. The summed E-state index contributed by atoms with van der Waals surface area (Å²) >= 11 is 7.87. The number of thiazole rings is 1. The predicted octanol–water partition coefficient (Wildman–Crippen LogP) is 0.127. The number of para-hydroxylation sites is 1. The summed E-state index contributed by atoms with van der Waals surface area (Å²) in [6.07, 6.45) is 2.81. The molecule has 0 saturated carbocycles. The van der Waals surface area contributed by atoms with E-state index in [2.05, 4.69) is 0 Å². The van der Waals surface area contributed by atoms with Gasteiger partial charge < -0.3 is 15.1 Å². The lowest BCUT2D eigenvalue weighted by atomic mass is 10.3. The average Bonchev–Trinajstić information content (AvgIpc) is 3.39. The van der Waals surface area contributed by atoms with Crippen LogP contribution >= 0.6 is 47.1 Å². The molecule has 0 unspecified atom stereocenters. The van der Waals surface area contributed by atoms with Crippen LogP contribution in [0.4, 0.5) is 5.69 Å². The predicted molar refractivity (Wildman–Crippen MR) is 142 cm³/mol. The number of aliphatic carboxylic acids is 2. The Morgan fingerprint density at radius 2 is 1.68 bits per heavy atom. The van der Waals surface area contributed by atoms with Crippen LogP contribution in [-0.2, 0) is 31.0 Å². The fraction of sp³-hybridized carbons (Fsp3) is 0.150. The summed E-state index contributed by atoms with van der Waals surface area (Å²) in [4.78, 5) is 51.3. The number of thioether (sulfide) groups is 2. The molecule has 2 aliphatic rings. The van der Waals surface area contributed by atoms with E-state index in [-0.39, 0.29) is 18.4 Å². The van der Waals surface area contributed by atoms with Gasteiger partial charge >= 0.3 is 11.9 Å². The first-order valence-corrected chi connectivity index (χ1v) is 14.4. The van der Waals surface area contributed by atoms with Gasteiger partial charge in [-0.2, -0.15) is 8.42 Å². The number of fused-ring (bicyclic) bond motifs is 1. The van der Waals surface area contributed by atoms with Crippen LogP contribution in [-0.4, -0.2) is 67.2 Å². The molecule has 1 aromatic heterocycles. The van der Waals surface area contributed by atoms with Gasteiger partial charge in [0, 0.05) is 4.90 Å². The molecule has 3 N–H and O–H groups in total. The molecule has 0 bridgehead atoms. The van der Waals surface area contributed by atoms with E-state index in [1.54, 1.807) is 24.3 Å². The molecule has 1 fully saturated rings. The van der Waals surface area contributed by atoms with Crippen molar-refractivity contribution in [3.8, 4) is 0 Å². The second kappa shape index (κ2) is 10.4. The zero-order valence-electron chi connectivity index (χ0n) is 18.3. The zero-order chi connectivity index (χ0) is 27.1. The number of hydrogen-bond donors (Lipinski definition) is 3. The molecule has 1 saturated heterocycles. The van der Waals surface area contributed by atoms with Crippen LogP contribution in [0.3, 0.4) is 0 Å². The molecule has 17 heteroatoms. The van der Waals surface area contributed by atoms with Gasteiger partial charge in [0.05, 0.1) is 15.2 Å². The molecule has 37 heavy (non-hydrogen) atoms. The summed E-state index contributed by atoms with van der Waals surface area (Å²) < 4.78 is 33.5. The third kappa shape index (κ3) is 5.81. The lowest BCUT2D eigenvalue weighted by molar-refractivity contribution is -0.140. The molecule has 1 amide bonds. The van der Waals surface area contributed by atoms with E-state index in [1.165, 1.54) is 28.8 Å². The summed E-state index contributed by atoms with van der Waals surface area (Å²) in [5.74, 6) is -4.12. The number of rotatable bonds is 7. The third-order valence-electron chi connectivity index (χ3n) is 4.84. The van der Waals surface area contributed by atoms with Gasteiger partial charge in [0.25, 0.3) is 21.6 Å². The first-order chi connectivity index (χ1) is 17.4. The molecule has 0 atom stereocenters. The monoisotopic (exact) mass is 601 g/mol. The molecule has 0 spiro atoms. The summed E-state index contributed by atoms with van der Waals surface area (Å²) in [7, 11) is -4.40. The van der Waals surface area contributed by atoms with Crippen molar-refractivity contribution in [2.24, 2.45) is 0 Å². The number of thiocarbonyl (C=S) groups is 1. The number of allylic oxidation sites excluding steroid dienone is 1. The number of amides is 1. The highest BCUT2D eigenvalue weighted by Gasteiger charge is 2.35. The minimum atomic E-state index is -4.40. The highest BCUT2D eigenvalue weighted by molar-refractivity contribution is 8.30. The van der Waals surface area contributed by atoms with E-state index in [9.17, 15) is 37.3 Å². The minimum absolute atomic E-state index is 0.000517. The fourth-order valence-corrected chi connectivity index (χ4v) is 7.60. The number of carbonyl (C=O) groups excluding carboxylic acids is 1. The van der Waals surface area contributed by atoms with E-state index >= 15 is 0 Å². The van der Waals surface area contributed by atoms with Crippen molar-refractivity contribution in [3.05, 3.63) is 54.9 Å². The number of carbonyl (C=O) groups is 3. The van der Waals surface area contributed by atoms with Crippen LogP contribution < -0.4 is 19.7 Å². The largest absolute Gasteiger partial charge is 0.480 e. The molecule has 0 radical (unpaired) electrons. The van der Waals surface area contributed by atoms with E-state index in [0.717, 1.165) is 37.5 Å². The van der Waals surface area contributed by atoms with Crippen molar-refractivity contribution in [3.63, 3.8) is 0 Å². The van der Waals surface area contributed by atoms with Gasteiger partial charge in [0.15, 0.2) is 5.88 Å². The number of benzene rings is 1. The van der Waals surface area contributed by atoms with Crippen LogP contribution in [0, 0.1) is 0 Å². The van der Waals surface area contributed by atoms with Crippen molar-refractivity contribution in [1.29, 1.82) is 0 Å². The molecule has 194 valence electrons. The number of anilines is 1. The Morgan fingerprint density at radius 1 is 1.00 bits per heavy atom. The van der Waals surface area contributed by atoms with E-state index in [1.807, 2.05) is 0 Å². The van der Waals surface area contributed by atoms with Gasteiger partial charge in [-0.1, -0.05) is 47.9 Å². The van der Waals surface area contributed by atoms with Gasteiger partial charge in [-0.15, -0.1) is 11.3 Å². The summed E-state index contributed by atoms with van der Waals surface area (Å²) in [6, 6.07) is 6.88. The second-order valence-corrected chi connectivity index (χ2v) is 12.6. The first kappa shape index (κ1) is 27.1.